The zero-order chi connectivity index (χ0) is 23.4. The summed E-state index contributed by atoms with van der Waals surface area (Å²) in [6.45, 7) is 6.16. The van der Waals surface area contributed by atoms with E-state index in [0.29, 0.717) is 18.8 Å². The summed E-state index contributed by atoms with van der Waals surface area (Å²) in [4.78, 5) is 29.2. The lowest BCUT2D eigenvalue weighted by Gasteiger charge is -2.17. The summed E-state index contributed by atoms with van der Waals surface area (Å²) in [5.74, 6) is 0.578. The number of hydrogen-bond donors (Lipinski definition) is 2. The third-order valence-electron chi connectivity index (χ3n) is 5.79. The second-order valence-electron chi connectivity index (χ2n) is 8.18. The van der Waals surface area contributed by atoms with Crippen LogP contribution in [0.2, 0.25) is 0 Å². The highest BCUT2D eigenvalue weighted by Gasteiger charge is 2.23. The number of carbonyl (C=O) groups excluding carboxylic acids is 1. The Balaban J connectivity index is 1.27. The smallest absolute Gasteiger partial charge is 0.287 e. The number of aromatic nitrogens is 3. The van der Waals surface area contributed by atoms with Gasteiger partial charge in [-0.25, -0.2) is 9.67 Å². The van der Waals surface area contributed by atoms with Crippen molar-refractivity contribution in [1.29, 1.82) is 0 Å². The molecule has 1 amide bonds. The Morgan fingerprint density at radius 3 is 2.70 bits per heavy atom. The molecule has 2 N–H and O–H groups in total. The maximum atomic E-state index is 12.6. The first-order chi connectivity index (χ1) is 15.9. The number of likely N-dealkylation sites (tertiary alicyclic amines) is 1. The fourth-order valence-electron chi connectivity index (χ4n) is 4.05. The van der Waals surface area contributed by atoms with Crippen LogP contribution >= 0.6 is 0 Å². The van der Waals surface area contributed by atoms with Gasteiger partial charge in [0.05, 0.1) is 27.7 Å². The van der Waals surface area contributed by atoms with E-state index in [2.05, 4.69) is 25.6 Å². The Bertz CT molecular complexity index is 1130. The van der Waals surface area contributed by atoms with E-state index >= 15 is 0 Å². The van der Waals surface area contributed by atoms with Gasteiger partial charge in [-0.3, -0.25) is 14.9 Å². The van der Waals surface area contributed by atoms with Gasteiger partial charge in [0, 0.05) is 38.2 Å². The molecule has 10 nitrogen and oxygen atoms in total. The third-order valence-corrected chi connectivity index (χ3v) is 5.79. The average molecular weight is 450 g/mol. The van der Waals surface area contributed by atoms with Crippen molar-refractivity contribution in [3.63, 3.8) is 0 Å². The summed E-state index contributed by atoms with van der Waals surface area (Å²) in [7, 11) is 0. The molecule has 172 valence electrons. The first kappa shape index (κ1) is 22.4. The van der Waals surface area contributed by atoms with Crippen LogP contribution in [0.1, 0.15) is 24.2 Å². The molecular formula is C23H27N7O3. The van der Waals surface area contributed by atoms with Crippen molar-refractivity contribution >= 4 is 23.1 Å². The van der Waals surface area contributed by atoms with Gasteiger partial charge < -0.3 is 15.5 Å². The van der Waals surface area contributed by atoms with E-state index in [1.165, 1.54) is 12.3 Å². The number of benzene rings is 1. The molecule has 1 aliphatic heterocycles. The minimum atomic E-state index is -0.464. The molecule has 0 spiro atoms. The monoisotopic (exact) mass is 449 g/mol. The van der Waals surface area contributed by atoms with Gasteiger partial charge in [0.15, 0.2) is 0 Å². The van der Waals surface area contributed by atoms with Gasteiger partial charge in [-0.2, -0.15) is 5.10 Å². The molecular weight excluding hydrogens is 422 g/mol. The lowest BCUT2D eigenvalue weighted by Crippen LogP contribution is -2.29. The number of para-hydroxylation sites is 1. The summed E-state index contributed by atoms with van der Waals surface area (Å²) in [6.07, 6.45) is 2.56. The van der Waals surface area contributed by atoms with Crippen molar-refractivity contribution < 1.29 is 9.72 Å². The second kappa shape index (κ2) is 9.78. The van der Waals surface area contributed by atoms with Crippen LogP contribution in [0.15, 0.2) is 48.7 Å². The molecule has 1 unspecified atom stereocenters. The molecule has 4 rings (SSSR count). The van der Waals surface area contributed by atoms with Crippen molar-refractivity contribution in [2.75, 3.05) is 30.3 Å². The van der Waals surface area contributed by atoms with Crippen molar-refractivity contribution in [3.8, 4) is 5.69 Å². The number of carbonyl (C=O) groups is 1. The van der Waals surface area contributed by atoms with Crippen LogP contribution in [0.25, 0.3) is 5.69 Å². The molecule has 1 atom stereocenters. The number of hydrogen-bond acceptors (Lipinski definition) is 7. The summed E-state index contributed by atoms with van der Waals surface area (Å²) in [5, 5.41) is 21.7. The van der Waals surface area contributed by atoms with Crippen molar-refractivity contribution in [2.24, 2.45) is 0 Å². The van der Waals surface area contributed by atoms with Crippen LogP contribution < -0.4 is 10.6 Å². The molecule has 0 saturated carbocycles. The molecule has 3 heterocycles. The molecule has 0 aliphatic carbocycles. The van der Waals surface area contributed by atoms with Gasteiger partial charge in [0.1, 0.15) is 12.0 Å². The average Bonchev–Trinajstić information content (AvgIpc) is 3.38. The zero-order valence-corrected chi connectivity index (χ0v) is 18.7. The van der Waals surface area contributed by atoms with E-state index in [9.17, 15) is 14.9 Å². The molecule has 1 saturated heterocycles. The third kappa shape index (κ3) is 5.35. The van der Waals surface area contributed by atoms with Gasteiger partial charge >= 0.3 is 0 Å². The Hall–Kier alpha value is -3.79. The van der Waals surface area contributed by atoms with Gasteiger partial charge in [-0.15, -0.1) is 0 Å². The highest BCUT2D eigenvalue weighted by atomic mass is 16.6. The summed E-state index contributed by atoms with van der Waals surface area (Å²) < 4.78 is 1.84. The SMILES string of the molecule is Cc1nn(-c2ccccc2)c(C)c1NC(=O)CCN1CCC(Nc2ccc([N+](=O)[O-])cn2)C1. The number of amides is 1. The lowest BCUT2D eigenvalue weighted by atomic mass is 10.2. The first-order valence-electron chi connectivity index (χ1n) is 10.9. The van der Waals surface area contributed by atoms with Gasteiger partial charge in [-0.1, -0.05) is 18.2 Å². The standard InChI is InChI=1S/C23H27N7O3/c1-16-23(17(2)29(27-16)19-6-4-3-5-7-19)26-22(31)11-13-28-12-10-18(15-28)25-21-9-8-20(14-24-21)30(32)33/h3-9,14,18H,10-13,15H2,1-2H3,(H,24,25)(H,26,31). The highest BCUT2D eigenvalue weighted by Crippen LogP contribution is 2.23. The van der Waals surface area contributed by atoms with E-state index in [4.69, 9.17) is 0 Å². The number of pyridine rings is 1. The zero-order valence-electron chi connectivity index (χ0n) is 18.7. The van der Waals surface area contributed by atoms with Gasteiger partial charge in [0.25, 0.3) is 5.69 Å². The van der Waals surface area contributed by atoms with Crippen LogP contribution in [0, 0.1) is 24.0 Å². The Morgan fingerprint density at radius 2 is 2.00 bits per heavy atom. The second-order valence-corrected chi connectivity index (χ2v) is 8.18. The number of nitrogens with zero attached hydrogens (tertiary/aromatic N) is 5. The number of nitro groups is 1. The Kier molecular flexibility index (Phi) is 6.64. The van der Waals surface area contributed by atoms with Crippen LogP contribution in [0.3, 0.4) is 0 Å². The summed E-state index contributed by atoms with van der Waals surface area (Å²) in [5.41, 5.74) is 3.36. The Morgan fingerprint density at radius 1 is 1.21 bits per heavy atom. The first-order valence-corrected chi connectivity index (χ1v) is 10.9. The fraction of sp³-hybridized carbons (Fsp3) is 0.348. The van der Waals surface area contributed by atoms with Crippen molar-refractivity contribution in [2.45, 2.75) is 32.7 Å². The minimum absolute atomic E-state index is 0.0283. The van der Waals surface area contributed by atoms with Crippen LogP contribution in [-0.4, -0.2) is 56.2 Å². The number of nitrogens with one attached hydrogen (secondary N) is 2. The normalized spacial score (nSPS) is 16.0. The van der Waals surface area contributed by atoms with Crippen molar-refractivity contribution in [3.05, 3.63) is 70.2 Å². The molecule has 10 heteroatoms. The summed E-state index contributed by atoms with van der Waals surface area (Å²) in [6, 6.07) is 13.1. The lowest BCUT2D eigenvalue weighted by molar-refractivity contribution is -0.385. The van der Waals surface area contributed by atoms with Crippen molar-refractivity contribution in [1.82, 2.24) is 19.7 Å². The molecule has 2 aromatic heterocycles. The minimum Gasteiger partial charge on any atom is -0.366 e. The molecule has 1 aromatic carbocycles. The number of anilines is 2. The summed E-state index contributed by atoms with van der Waals surface area (Å²) >= 11 is 0. The largest absolute Gasteiger partial charge is 0.366 e. The van der Waals surface area contributed by atoms with E-state index < -0.39 is 4.92 Å². The van der Waals surface area contributed by atoms with Gasteiger partial charge in [-0.05, 0) is 38.5 Å². The Labute approximate surface area is 191 Å². The van der Waals surface area contributed by atoms with E-state index in [0.717, 1.165) is 42.3 Å². The maximum absolute atomic E-state index is 12.6. The van der Waals surface area contributed by atoms with E-state index in [1.54, 1.807) is 6.07 Å². The topological polar surface area (TPSA) is 118 Å². The predicted molar refractivity (Wildman–Crippen MR) is 126 cm³/mol. The van der Waals surface area contributed by atoms with Crippen LogP contribution in [0.5, 0.6) is 0 Å². The van der Waals surface area contributed by atoms with E-state index in [1.807, 2.05) is 48.9 Å². The molecule has 1 fully saturated rings. The molecule has 33 heavy (non-hydrogen) atoms. The predicted octanol–water partition coefficient (Wildman–Crippen LogP) is 3.31. The highest BCUT2D eigenvalue weighted by molar-refractivity contribution is 5.92. The quantitative estimate of drug-likeness (QED) is 0.400. The maximum Gasteiger partial charge on any atom is 0.287 e. The number of rotatable bonds is 8. The number of aryl methyl sites for hydroxylation is 1. The molecule has 0 radical (unpaired) electrons. The van der Waals surface area contributed by atoms with Gasteiger partial charge in [0.2, 0.25) is 5.91 Å². The van der Waals surface area contributed by atoms with Crippen LogP contribution in [-0.2, 0) is 4.79 Å². The molecule has 1 aliphatic rings. The molecule has 0 bridgehead atoms. The van der Waals surface area contributed by atoms with Crippen LogP contribution in [0.4, 0.5) is 17.2 Å². The fourth-order valence-corrected chi connectivity index (χ4v) is 4.05. The van der Waals surface area contributed by atoms with E-state index in [-0.39, 0.29) is 17.6 Å². The molecule has 3 aromatic rings.